The Balaban J connectivity index is 2.41. The molecule has 69 valence electrons. The smallest absolute Gasteiger partial charge is 0.000901 e. The summed E-state index contributed by atoms with van der Waals surface area (Å²) in [5.74, 6) is 2.32. The van der Waals surface area contributed by atoms with Crippen molar-refractivity contribution in [3.8, 4) is 0 Å². The van der Waals surface area contributed by atoms with Crippen LogP contribution in [0, 0.1) is 12.8 Å². The molecule has 13 heavy (non-hydrogen) atoms. The van der Waals surface area contributed by atoms with E-state index in [-0.39, 0.29) is 0 Å². The van der Waals surface area contributed by atoms with E-state index in [0.29, 0.717) is 0 Å². The SMILES string of the molecule is C[C](C)c1cc(C)ccc1C1CC1. The van der Waals surface area contributed by atoms with Crippen molar-refractivity contribution in [3.05, 3.63) is 40.8 Å². The Morgan fingerprint density at radius 1 is 1.23 bits per heavy atom. The minimum Gasteiger partial charge on any atom is -0.0590 e. The molecule has 0 unspecified atom stereocenters. The van der Waals surface area contributed by atoms with Crippen LogP contribution in [0.25, 0.3) is 0 Å². The summed E-state index contributed by atoms with van der Waals surface area (Å²) in [7, 11) is 0. The second-order valence-electron chi connectivity index (χ2n) is 4.36. The highest BCUT2D eigenvalue weighted by Crippen LogP contribution is 2.43. The van der Waals surface area contributed by atoms with E-state index >= 15 is 0 Å². The molecule has 0 spiro atoms. The van der Waals surface area contributed by atoms with Crippen LogP contribution in [0.4, 0.5) is 0 Å². The van der Waals surface area contributed by atoms with Gasteiger partial charge in [-0.1, -0.05) is 37.6 Å². The molecule has 1 aliphatic rings. The largest absolute Gasteiger partial charge is 0.0590 e. The monoisotopic (exact) mass is 173 g/mol. The second kappa shape index (κ2) is 3.17. The number of benzene rings is 1. The molecule has 0 N–H and O–H groups in total. The van der Waals surface area contributed by atoms with Gasteiger partial charge in [0.05, 0.1) is 0 Å². The number of rotatable bonds is 2. The summed E-state index contributed by atoms with van der Waals surface area (Å²) in [6, 6.07) is 6.87. The lowest BCUT2D eigenvalue weighted by Crippen LogP contribution is -1.96. The van der Waals surface area contributed by atoms with Crippen molar-refractivity contribution in [2.45, 2.75) is 39.5 Å². The van der Waals surface area contributed by atoms with Gasteiger partial charge in [-0.25, -0.2) is 0 Å². The molecule has 1 aromatic carbocycles. The lowest BCUT2D eigenvalue weighted by Gasteiger charge is -2.12. The van der Waals surface area contributed by atoms with Crippen LogP contribution in [-0.4, -0.2) is 0 Å². The van der Waals surface area contributed by atoms with E-state index in [1.165, 1.54) is 29.9 Å². The average molecular weight is 173 g/mol. The van der Waals surface area contributed by atoms with Gasteiger partial charge in [0.1, 0.15) is 0 Å². The number of aryl methyl sites for hydroxylation is 1. The standard InChI is InChI=1S/C13H17/c1-9(2)13-8-10(3)4-7-12(13)11-5-6-11/h4,7-8,11H,5-6H2,1-3H3. The van der Waals surface area contributed by atoms with Gasteiger partial charge in [0, 0.05) is 0 Å². The molecular weight excluding hydrogens is 156 g/mol. The van der Waals surface area contributed by atoms with Crippen LogP contribution >= 0.6 is 0 Å². The lowest BCUT2D eigenvalue weighted by atomic mass is 9.93. The highest BCUT2D eigenvalue weighted by atomic mass is 14.3. The van der Waals surface area contributed by atoms with Crippen molar-refractivity contribution in [1.29, 1.82) is 0 Å². The normalized spacial score (nSPS) is 16.6. The third-order valence-electron chi connectivity index (χ3n) is 2.76. The molecule has 2 rings (SSSR count). The fraction of sp³-hybridized carbons (Fsp3) is 0.462. The molecule has 1 aromatic rings. The Labute approximate surface area is 81.0 Å². The number of hydrogen-bond donors (Lipinski definition) is 0. The van der Waals surface area contributed by atoms with Gasteiger partial charge < -0.3 is 0 Å². The maximum Gasteiger partial charge on any atom is -0.000901 e. The Morgan fingerprint density at radius 3 is 2.46 bits per heavy atom. The highest BCUT2D eigenvalue weighted by molar-refractivity contribution is 5.43. The maximum absolute atomic E-state index is 2.32. The van der Waals surface area contributed by atoms with Gasteiger partial charge in [0.25, 0.3) is 0 Å². The Morgan fingerprint density at radius 2 is 1.92 bits per heavy atom. The van der Waals surface area contributed by atoms with Crippen molar-refractivity contribution in [2.75, 3.05) is 0 Å². The highest BCUT2D eigenvalue weighted by Gasteiger charge is 2.26. The third kappa shape index (κ3) is 1.77. The van der Waals surface area contributed by atoms with Crippen LogP contribution in [-0.2, 0) is 0 Å². The van der Waals surface area contributed by atoms with E-state index in [1.807, 2.05) is 0 Å². The van der Waals surface area contributed by atoms with Crippen LogP contribution < -0.4 is 0 Å². The molecule has 1 fully saturated rings. The zero-order valence-corrected chi connectivity index (χ0v) is 8.72. The zero-order valence-electron chi connectivity index (χ0n) is 8.72. The lowest BCUT2D eigenvalue weighted by molar-refractivity contribution is 1.04. The molecule has 0 nitrogen and oxygen atoms in total. The van der Waals surface area contributed by atoms with E-state index in [9.17, 15) is 0 Å². The minimum atomic E-state index is 0.866. The van der Waals surface area contributed by atoms with Gasteiger partial charge in [-0.2, -0.15) is 0 Å². The van der Waals surface area contributed by atoms with Crippen molar-refractivity contribution < 1.29 is 0 Å². The summed E-state index contributed by atoms with van der Waals surface area (Å²) in [5, 5.41) is 0. The molecule has 0 atom stereocenters. The fourth-order valence-corrected chi connectivity index (χ4v) is 1.85. The van der Waals surface area contributed by atoms with Crippen molar-refractivity contribution >= 4 is 0 Å². The predicted octanol–water partition coefficient (Wildman–Crippen LogP) is 3.83. The second-order valence-corrected chi connectivity index (χ2v) is 4.36. The summed E-state index contributed by atoms with van der Waals surface area (Å²) >= 11 is 0. The average Bonchev–Trinajstić information content (AvgIpc) is 2.87. The molecule has 1 aliphatic carbocycles. The van der Waals surface area contributed by atoms with E-state index in [1.54, 1.807) is 5.56 Å². The molecule has 0 aromatic heterocycles. The molecule has 1 radical (unpaired) electrons. The molecular formula is C13H17. The molecule has 0 heteroatoms. The Kier molecular flexibility index (Phi) is 2.15. The first-order valence-corrected chi connectivity index (χ1v) is 5.09. The quantitative estimate of drug-likeness (QED) is 0.637. The minimum absolute atomic E-state index is 0.866. The summed E-state index contributed by atoms with van der Waals surface area (Å²) in [6.07, 6.45) is 2.78. The molecule has 0 saturated heterocycles. The summed E-state index contributed by atoms with van der Waals surface area (Å²) in [5.41, 5.74) is 4.44. The van der Waals surface area contributed by atoms with Gasteiger partial charge in [-0.15, -0.1) is 0 Å². The van der Waals surface area contributed by atoms with Crippen molar-refractivity contribution in [2.24, 2.45) is 0 Å². The molecule has 0 heterocycles. The van der Waals surface area contributed by atoms with Crippen LogP contribution in [0.3, 0.4) is 0 Å². The van der Waals surface area contributed by atoms with E-state index < -0.39 is 0 Å². The summed E-state index contributed by atoms with van der Waals surface area (Å²) in [6.45, 7) is 6.59. The van der Waals surface area contributed by atoms with Gasteiger partial charge >= 0.3 is 0 Å². The van der Waals surface area contributed by atoms with Crippen LogP contribution in [0.2, 0.25) is 0 Å². The first-order chi connectivity index (χ1) is 6.18. The van der Waals surface area contributed by atoms with E-state index in [2.05, 4.69) is 39.0 Å². The van der Waals surface area contributed by atoms with E-state index in [4.69, 9.17) is 0 Å². The van der Waals surface area contributed by atoms with Crippen LogP contribution in [0.1, 0.15) is 49.3 Å². The predicted molar refractivity (Wildman–Crippen MR) is 56.8 cm³/mol. The summed E-state index contributed by atoms with van der Waals surface area (Å²) < 4.78 is 0. The maximum atomic E-state index is 2.32. The van der Waals surface area contributed by atoms with Crippen LogP contribution in [0.5, 0.6) is 0 Å². The molecule has 0 aliphatic heterocycles. The first kappa shape index (κ1) is 8.80. The topological polar surface area (TPSA) is 0 Å². The third-order valence-corrected chi connectivity index (χ3v) is 2.76. The van der Waals surface area contributed by atoms with Gasteiger partial charge in [-0.3, -0.25) is 0 Å². The first-order valence-electron chi connectivity index (χ1n) is 5.09. The van der Waals surface area contributed by atoms with Gasteiger partial charge in [0.2, 0.25) is 0 Å². The van der Waals surface area contributed by atoms with E-state index in [0.717, 1.165) is 5.92 Å². The van der Waals surface area contributed by atoms with Crippen molar-refractivity contribution in [3.63, 3.8) is 0 Å². The van der Waals surface area contributed by atoms with Crippen LogP contribution in [0.15, 0.2) is 18.2 Å². The number of hydrogen-bond acceptors (Lipinski definition) is 0. The van der Waals surface area contributed by atoms with Gasteiger partial charge in [-0.05, 0) is 42.7 Å². The molecule has 0 bridgehead atoms. The van der Waals surface area contributed by atoms with Gasteiger partial charge in [0.15, 0.2) is 0 Å². The summed E-state index contributed by atoms with van der Waals surface area (Å²) in [4.78, 5) is 0. The Hall–Kier alpha value is -0.780. The zero-order chi connectivity index (χ0) is 9.42. The fourth-order valence-electron chi connectivity index (χ4n) is 1.85. The Bertz CT molecular complexity index is 306. The molecule has 0 amide bonds. The molecule has 1 saturated carbocycles. The van der Waals surface area contributed by atoms with Crippen molar-refractivity contribution in [1.82, 2.24) is 0 Å².